The molecular weight excluding hydrogens is 246 g/mol. The van der Waals surface area contributed by atoms with Gasteiger partial charge in [-0.2, -0.15) is 0 Å². The molecule has 112 valence electrons. The largest absolute Gasteiger partial charge is 0.489 e. The molecule has 1 fully saturated rings. The van der Waals surface area contributed by atoms with E-state index in [2.05, 4.69) is 57.3 Å². The van der Waals surface area contributed by atoms with Crippen LogP contribution in [0.15, 0.2) is 24.3 Å². The number of aryl methyl sites for hydroxylation is 1. The fourth-order valence-corrected chi connectivity index (χ4v) is 3.24. The van der Waals surface area contributed by atoms with Gasteiger partial charge >= 0.3 is 0 Å². The Morgan fingerprint density at radius 3 is 2.65 bits per heavy atom. The summed E-state index contributed by atoms with van der Waals surface area (Å²) in [5, 5.41) is 3.61. The third-order valence-corrected chi connectivity index (χ3v) is 4.61. The highest BCUT2D eigenvalue weighted by molar-refractivity contribution is 5.32. The summed E-state index contributed by atoms with van der Waals surface area (Å²) >= 11 is 0. The van der Waals surface area contributed by atoms with Crippen LogP contribution in [0.3, 0.4) is 0 Å². The maximum Gasteiger partial charge on any atom is 0.122 e. The predicted molar refractivity (Wildman–Crippen MR) is 85.2 cm³/mol. The zero-order valence-corrected chi connectivity index (χ0v) is 13.4. The van der Waals surface area contributed by atoms with Crippen molar-refractivity contribution in [3.05, 3.63) is 29.8 Å². The average molecular weight is 275 g/mol. The summed E-state index contributed by atoms with van der Waals surface area (Å²) in [7, 11) is 0. The molecule has 0 aromatic heterocycles. The highest BCUT2D eigenvalue weighted by Gasteiger charge is 2.32. The highest BCUT2D eigenvalue weighted by atomic mass is 16.5. The van der Waals surface area contributed by atoms with Crippen molar-refractivity contribution in [3.8, 4) is 5.75 Å². The van der Waals surface area contributed by atoms with Gasteiger partial charge in [0.15, 0.2) is 0 Å². The Morgan fingerprint density at radius 2 is 2.00 bits per heavy atom. The second-order valence-electron chi connectivity index (χ2n) is 6.40. The molecule has 0 aliphatic heterocycles. The summed E-state index contributed by atoms with van der Waals surface area (Å²) in [5.74, 6) is 2.59. The van der Waals surface area contributed by atoms with E-state index < -0.39 is 0 Å². The average Bonchev–Trinajstić information content (AvgIpc) is 2.43. The van der Waals surface area contributed by atoms with Crippen LogP contribution >= 0.6 is 0 Å². The van der Waals surface area contributed by atoms with Crippen LogP contribution in [-0.2, 0) is 0 Å². The maximum absolute atomic E-state index is 6.37. The Labute approximate surface area is 123 Å². The number of para-hydroxylation sites is 1. The van der Waals surface area contributed by atoms with E-state index in [0.29, 0.717) is 12.1 Å². The second kappa shape index (κ2) is 7.12. The lowest BCUT2D eigenvalue weighted by Crippen LogP contribution is -2.47. The van der Waals surface area contributed by atoms with Crippen LogP contribution in [0.4, 0.5) is 0 Å². The first-order valence-corrected chi connectivity index (χ1v) is 8.07. The third-order valence-electron chi connectivity index (χ3n) is 4.61. The molecule has 1 saturated carbocycles. The van der Waals surface area contributed by atoms with Gasteiger partial charge in [0.2, 0.25) is 0 Å². The van der Waals surface area contributed by atoms with Crippen LogP contribution in [0.25, 0.3) is 0 Å². The van der Waals surface area contributed by atoms with E-state index in [-0.39, 0.29) is 0 Å². The molecule has 0 amide bonds. The minimum atomic E-state index is 0.303. The summed E-state index contributed by atoms with van der Waals surface area (Å²) in [6, 6.07) is 8.85. The Kier molecular flexibility index (Phi) is 5.47. The van der Waals surface area contributed by atoms with Crippen molar-refractivity contribution < 1.29 is 4.74 Å². The van der Waals surface area contributed by atoms with Gasteiger partial charge in [0.25, 0.3) is 0 Å². The van der Waals surface area contributed by atoms with Crippen LogP contribution in [-0.4, -0.2) is 18.7 Å². The van der Waals surface area contributed by atoms with Crippen molar-refractivity contribution in [1.29, 1.82) is 0 Å². The van der Waals surface area contributed by atoms with E-state index in [1.54, 1.807) is 0 Å². The van der Waals surface area contributed by atoms with Crippen molar-refractivity contribution in [3.63, 3.8) is 0 Å². The molecule has 1 aliphatic carbocycles. The first-order valence-electron chi connectivity index (χ1n) is 8.07. The van der Waals surface area contributed by atoms with Crippen molar-refractivity contribution in [2.75, 3.05) is 6.54 Å². The van der Waals surface area contributed by atoms with Crippen LogP contribution in [0.1, 0.15) is 45.6 Å². The molecule has 0 saturated heterocycles. The molecule has 2 nitrogen and oxygen atoms in total. The van der Waals surface area contributed by atoms with Gasteiger partial charge in [-0.25, -0.2) is 0 Å². The number of hydrogen-bond acceptors (Lipinski definition) is 2. The smallest absolute Gasteiger partial charge is 0.122 e. The van der Waals surface area contributed by atoms with Crippen LogP contribution in [0.5, 0.6) is 5.75 Å². The SMILES string of the molecule is CCNC1CCC(C(C)C)CC1Oc1ccccc1C. The Hall–Kier alpha value is -1.02. The number of ether oxygens (including phenoxy) is 1. The molecule has 0 heterocycles. The minimum Gasteiger partial charge on any atom is -0.489 e. The summed E-state index contributed by atoms with van der Waals surface area (Å²) in [6.45, 7) is 10.00. The molecular formula is C18H29NO. The molecule has 1 N–H and O–H groups in total. The zero-order chi connectivity index (χ0) is 14.5. The summed E-state index contributed by atoms with van der Waals surface area (Å²) in [6.07, 6.45) is 4.03. The molecule has 0 spiro atoms. The van der Waals surface area contributed by atoms with E-state index in [9.17, 15) is 0 Å². The summed E-state index contributed by atoms with van der Waals surface area (Å²) in [5.41, 5.74) is 1.23. The van der Waals surface area contributed by atoms with Crippen molar-refractivity contribution >= 4 is 0 Å². The molecule has 1 aromatic carbocycles. The standard InChI is InChI=1S/C18H29NO/c1-5-19-16-11-10-15(13(2)3)12-18(16)20-17-9-7-6-8-14(17)4/h6-9,13,15-16,18-19H,5,10-12H2,1-4H3. The van der Waals surface area contributed by atoms with Gasteiger partial charge < -0.3 is 10.1 Å². The first kappa shape index (κ1) is 15.4. The summed E-state index contributed by atoms with van der Waals surface area (Å²) in [4.78, 5) is 0. The molecule has 1 aliphatic rings. The molecule has 3 unspecified atom stereocenters. The van der Waals surface area contributed by atoms with E-state index in [1.807, 2.05) is 0 Å². The van der Waals surface area contributed by atoms with E-state index in [0.717, 1.165) is 24.1 Å². The predicted octanol–water partition coefficient (Wildman–Crippen LogP) is 4.18. The van der Waals surface area contributed by atoms with E-state index >= 15 is 0 Å². The molecule has 20 heavy (non-hydrogen) atoms. The molecule has 0 bridgehead atoms. The lowest BCUT2D eigenvalue weighted by molar-refractivity contribution is 0.0720. The quantitative estimate of drug-likeness (QED) is 0.870. The first-order chi connectivity index (χ1) is 9.61. The van der Waals surface area contributed by atoms with Gasteiger partial charge in [0.1, 0.15) is 11.9 Å². The van der Waals surface area contributed by atoms with Gasteiger partial charge in [-0.05, 0) is 56.2 Å². The highest BCUT2D eigenvalue weighted by Crippen LogP contribution is 2.33. The topological polar surface area (TPSA) is 21.3 Å². The fraction of sp³-hybridized carbons (Fsp3) is 0.667. The second-order valence-corrected chi connectivity index (χ2v) is 6.40. The fourth-order valence-electron chi connectivity index (χ4n) is 3.24. The van der Waals surface area contributed by atoms with Crippen LogP contribution < -0.4 is 10.1 Å². The van der Waals surface area contributed by atoms with Gasteiger partial charge in [-0.3, -0.25) is 0 Å². The van der Waals surface area contributed by atoms with Crippen LogP contribution in [0, 0.1) is 18.8 Å². The Morgan fingerprint density at radius 1 is 1.25 bits per heavy atom. The lowest BCUT2D eigenvalue weighted by Gasteiger charge is -2.38. The van der Waals surface area contributed by atoms with Crippen LogP contribution in [0.2, 0.25) is 0 Å². The van der Waals surface area contributed by atoms with Crippen molar-refractivity contribution in [2.24, 2.45) is 11.8 Å². The Balaban J connectivity index is 2.09. The van der Waals surface area contributed by atoms with Gasteiger partial charge in [-0.15, -0.1) is 0 Å². The number of nitrogens with one attached hydrogen (secondary N) is 1. The maximum atomic E-state index is 6.37. The van der Waals surface area contributed by atoms with Gasteiger partial charge in [0.05, 0.1) is 0 Å². The van der Waals surface area contributed by atoms with Crippen molar-refractivity contribution in [2.45, 2.75) is 59.1 Å². The van der Waals surface area contributed by atoms with E-state index in [4.69, 9.17) is 4.74 Å². The molecule has 2 heteroatoms. The number of likely N-dealkylation sites (N-methyl/N-ethyl adjacent to an activating group) is 1. The number of benzene rings is 1. The van der Waals surface area contributed by atoms with E-state index in [1.165, 1.54) is 24.8 Å². The molecule has 1 aromatic rings. The number of rotatable bonds is 5. The normalized spacial score (nSPS) is 26.8. The summed E-state index contributed by atoms with van der Waals surface area (Å²) < 4.78 is 6.37. The number of hydrogen-bond donors (Lipinski definition) is 1. The molecule has 2 rings (SSSR count). The molecule has 0 radical (unpaired) electrons. The monoisotopic (exact) mass is 275 g/mol. The molecule has 3 atom stereocenters. The van der Waals surface area contributed by atoms with Gasteiger partial charge in [0, 0.05) is 6.04 Å². The van der Waals surface area contributed by atoms with Crippen molar-refractivity contribution in [1.82, 2.24) is 5.32 Å². The lowest BCUT2D eigenvalue weighted by atomic mass is 9.78. The van der Waals surface area contributed by atoms with Gasteiger partial charge in [-0.1, -0.05) is 39.0 Å². The Bertz CT molecular complexity index is 416. The minimum absolute atomic E-state index is 0.303. The zero-order valence-electron chi connectivity index (χ0n) is 13.4. The third kappa shape index (κ3) is 3.76.